The molecule has 1 heterocycles. The number of hydrogen-bond acceptors (Lipinski definition) is 2. The molecule has 1 aliphatic heterocycles. The molecule has 0 fully saturated rings. The number of primary amides is 1. The molecule has 0 bridgehead atoms. The second kappa shape index (κ2) is 8.61. The van der Waals surface area contributed by atoms with Gasteiger partial charge in [-0.25, -0.2) is 0 Å². The van der Waals surface area contributed by atoms with Crippen molar-refractivity contribution in [1.82, 2.24) is 0 Å². The third-order valence-corrected chi connectivity index (χ3v) is 5.16. The lowest BCUT2D eigenvalue weighted by atomic mass is 10.0. The number of carbonyl (C=O) groups excluding carboxylic acids is 1. The molecule has 2 aromatic carbocycles. The summed E-state index contributed by atoms with van der Waals surface area (Å²) in [5.74, 6) is -0.456. The maximum atomic E-state index is 13.0. The highest BCUT2D eigenvalue weighted by atomic mass is 19.4. The Hall–Kier alpha value is -3.28. The summed E-state index contributed by atoms with van der Waals surface area (Å²) in [4.78, 5) is 13.8. The van der Waals surface area contributed by atoms with Crippen LogP contribution in [0.2, 0.25) is 0 Å². The first-order chi connectivity index (χ1) is 14.2. The number of fused-ring (bicyclic) bond motifs is 1. The van der Waals surface area contributed by atoms with Gasteiger partial charge < -0.3 is 10.6 Å². The maximum absolute atomic E-state index is 13.0. The van der Waals surface area contributed by atoms with Gasteiger partial charge in [-0.05, 0) is 60.7 Å². The molecule has 1 aliphatic rings. The van der Waals surface area contributed by atoms with Crippen LogP contribution in [0.1, 0.15) is 34.0 Å². The van der Waals surface area contributed by atoms with E-state index in [0.29, 0.717) is 30.5 Å². The van der Waals surface area contributed by atoms with Crippen LogP contribution in [0.25, 0.3) is 0 Å². The molecule has 0 spiro atoms. The Morgan fingerprint density at radius 2 is 1.97 bits per heavy atom. The zero-order chi connectivity index (χ0) is 21.9. The zero-order valence-electron chi connectivity index (χ0n) is 16.7. The van der Waals surface area contributed by atoms with Crippen molar-refractivity contribution < 1.29 is 18.0 Å². The van der Waals surface area contributed by atoms with Gasteiger partial charge in [-0.2, -0.15) is 13.2 Å². The second-order valence-corrected chi connectivity index (χ2v) is 7.08. The fourth-order valence-electron chi connectivity index (χ4n) is 3.72. The van der Waals surface area contributed by atoms with Crippen LogP contribution >= 0.6 is 0 Å². The van der Waals surface area contributed by atoms with E-state index in [-0.39, 0.29) is 0 Å². The largest absolute Gasteiger partial charge is 0.416 e. The lowest BCUT2D eigenvalue weighted by Gasteiger charge is -2.22. The number of allylic oxidation sites excluding steroid dienone is 4. The molecule has 3 rings (SSSR count). The molecule has 0 saturated carbocycles. The molecule has 1 amide bonds. The summed E-state index contributed by atoms with van der Waals surface area (Å²) in [6.07, 6.45) is 2.14. The fraction of sp³-hybridized carbons (Fsp3) is 0.208. The average molecular weight is 412 g/mol. The first-order valence-corrected chi connectivity index (χ1v) is 9.59. The Morgan fingerprint density at radius 3 is 2.60 bits per heavy atom. The summed E-state index contributed by atoms with van der Waals surface area (Å²) >= 11 is 0. The van der Waals surface area contributed by atoms with E-state index in [1.54, 1.807) is 24.3 Å². The van der Waals surface area contributed by atoms with Crippen molar-refractivity contribution in [3.05, 3.63) is 101 Å². The number of nitrogens with zero attached hydrogens (tertiary/aromatic N) is 1. The van der Waals surface area contributed by atoms with Crippen LogP contribution < -0.4 is 10.6 Å². The number of anilines is 1. The molecule has 0 atom stereocenters. The Labute approximate surface area is 174 Å². The van der Waals surface area contributed by atoms with Gasteiger partial charge in [-0.1, -0.05) is 43.0 Å². The summed E-state index contributed by atoms with van der Waals surface area (Å²) in [6, 6.07) is 10.8. The van der Waals surface area contributed by atoms with Gasteiger partial charge in [0, 0.05) is 23.5 Å². The smallest absolute Gasteiger partial charge is 0.366 e. The van der Waals surface area contributed by atoms with Crippen molar-refractivity contribution in [2.24, 2.45) is 5.73 Å². The monoisotopic (exact) mass is 412 g/mol. The van der Waals surface area contributed by atoms with E-state index >= 15 is 0 Å². The van der Waals surface area contributed by atoms with E-state index in [9.17, 15) is 18.0 Å². The number of alkyl halides is 3. The van der Waals surface area contributed by atoms with Crippen molar-refractivity contribution in [3.63, 3.8) is 0 Å². The molecule has 0 aliphatic carbocycles. The second-order valence-electron chi connectivity index (χ2n) is 7.08. The van der Waals surface area contributed by atoms with E-state index in [4.69, 9.17) is 5.73 Å². The predicted molar refractivity (Wildman–Crippen MR) is 113 cm³/mol. The molecule has 6 heteroatoms. The fourth-order valence-corrected chi connectivity index (χ4v) is 3.72. The molecular weight excluding hydrogens is 389 g/mol. The van der Waals surface area contributed by atoms with Crippen LogP contribution in [0, 0.1) is 0 Å². The molecule has 0 unspecified atom stereocenters. The Bertz CT molecular complexity index is 1030. The Morgan fingerprint density at radius 1 is 1.23 bits per heavy atom. The topological polar surface area (TPSA) is 46.3 Å². The number of hydrogen-bond donors (Lipinski definition) is 1. The van der Waals surface area contributed by atoms with Crippen LogP contribution in [0.15, 0.2) is 78.5 Å². The molecule has 2 N–H and O–H groups in total. The molecule has 2 aromatic rings. The third kappa shape index (κ3) is 4.48. The number of benzene rings is 2. The van der Waals surface area contributed by atoms with E-state index in [1.807, 2.05) is 25.1 Å². The van der Waals surface area contributed by atoms with Gasteiger partial charge in [0.15, 0.2) is 0 Å². The number of nitrogens with two attached hydrogens (primary N) is 1. The van der Waals surface area contributed by atoms with Crippen molar-refractivity contribution in [3.8, 4) is 0 Å². The van der Waals surface area contributed by atoms with Gasteiger partial charge in [0.2, 0.25) is 5.91 Å². The highest BCUT2D eigenvalue weighted by molar-refractivity contribution is 5.96. The van der Waals surface area contributed by atoms with Gasteiger partial charge in [0.05, 0.1) is 5.56 Å². The minimum Gasteiger partial charge on any atom is -0.366 e. The number of amides is 1. The van der Waals surface area contributed by atoms with Crippen LogP contribution in [0.5, 0.6) is 0 Å². The van der Waals surface area contributed by atoms with E-state index in [1.165, 1.54) is 6.07 Å². The highest BCUT2D eigenvalue weighted by Gasteiger charge is 2.30. The molecule has 0 saturated heterocycles. The SMILES string of the molecule is C=C/C(=C\C(=C/C)N1CCc2c(C(N)=O)cccc21)Cc1cccc(C(F)(F)F)c1. The third-order valence-electron chi connectivity index (χ3n) is 5.16. The lowest BCUT2D eigenvalue weighted by Crippen LogP contribution is -2.19. The van der Waals surface area contributed by atoms with Gasteiger partial charge >= 0.3 is 6.18 Å². The van der Waals surface area contributed by atoms with Gasteiger partial charge in [-0.3, -0.25) is 4.79 Å². The first-order valence-electron chi connectivity index (χ1n) is 9.59. The standard InChI is InChI=1S/C24H23F3N2O/c1-3-16(13-17-7-5-8-18(14-17)24(25,26)27)15-19(4-2)29-12-11-20-21(23(28)30)9-6-10-22(20)29/h3-10,14-15H,1,11-13H2,2H3,(H2,28,30)/b16-15+,19-4+. The first kappa shape index (κ1) is 21.4. The molecule has 30 heavy (non-hydrogen) atoms. The molecular formula is C24H23F3N2O. The average Bonchev–Trinajstić information content (AvgIpc) is 3.14. The van der Waals surface area contributed by atoms with E-state index in [0.717, 1.165) is 34.7 Å². The molecule has 156 valence electrons. The van der Waals surface area contributed by atoms with Crippen LogP contribution in [-0.4, -0.2) is 12.5 Å². The minimum atomic E-state index is -4.38. The van der Waals surface area contributed by atoms with Gasteiger partial charge in [-0.15, -0.1) is 0 Å². The van der Waals surface area contributed by atoms with Gasteiger partial charge in [0.1, 0.15) is 0 Å². The predicted octanol–water partition coefficient (Wildman–Crippen LogP) is 5.43. The van der Waals surface area contributed by atoms with Crippen LogP contribution in [0.4, 0.5) is 18.9 Å². The lowest BCUT2D eigenvalue weighted by molar-refractivity contribution is -0.137. The van der Waals surface area contributed by atoms with Gasteiger partial charge in [0.25, 0.3) is 0 Å². The van der Waals surface area contributed by atoms with Crippen LogP contribution in [-0.2, 0) is 19.0 Å². The summed E-state index contributed by atoms with van der Waals surface area (Å²) in [6.45, 7) is 6.41. The summed E-state index contributed by atoms with van der Waals surface area (Å²) in [5.41, 5.74) is 9.41. The van der Waals surface area contributed by atoms with Crippen molar-refractivity contribution in [2.75, 3.05) is 11.4 Å². The van der Waals surface area contributed by atoms with E-state index in [2.05, 4.69) is 11.5 Å². The molecule has 0 radical (unpaired) electrons. The highest BCUT2D eigenvalue weighted by Crippen LogP contribution is 2.34. The van der Waals surface area contributed by atoms with Crippen molar-refractivity contribution in [1.29, 1.82) is 0 Å². The number of rotatable bonds is 6. The van der Waals surface area contributed by atoms with Crippen molar-refractivity contribution in [2.45, 2.75) is 25.9 Å². The zero-order valence-corrected chi connectivity index (χ0v) is 16.7. The van der Waals surface area contributed by atoms with E-state index < -0.39 is 17.6 Å². The minimum absolute atomic E-state index is 0.326. The summed E-state index contributed by atoms with van der Waals surface area (Å²) in [7, 11) is 0. The van der Waals surface area contributed by atoms with Crippen LogP contribution in [0.3, 0.4) is 0 Å². The summed E-state index contributed by atoms with van der Waals surface area (Å²) in [5, 5.41) is 0. The Kier molecular flexibility index (Phi) is 6.15. The maximum Gasteiger partial charge on any atom is 0.416 e. The quantitative estimate of drug-likeness (QED) is 0.644. The molecule has 0 aromatic heterocycles. The number of halogens is 3. The normalized spacial score (nSPS) is 14.6. The molecule has 3 nitrogen and oxygen atoms in total. The summed E-state index contributed by atoms with van der Waals surface area (Å²) < 4.78 is 39.0. The number of carbonyl (C=O) groups is 1. The Balaban J connectivity index is 1.89. The van der Waals surface area contributed by atoms with Crippen molar-refractivity contribution >= 4 is 11.6 Å².